The minimum atomic E-state index is -1.59. The van der Waals surface area contributed by atoms with Crippen LogP contribution in [0.5, 0.6) is 0 Å². The normalized spacial score (nSPS) is 31.3. The highest BCUT2D eigenvalue weighted by molar-refractivity contribution is 5.73. The first-order valence-electron chi connectivity index (χ1n) is 16.8. The Morgan fingerprint density at radius 3 is 1.92 bits per heavy atom. The summed E-state index contributed by atoms with van der Waals surface area (Å²) >= 11 is 0. The first kappa shape index (κ1) is 38.8. The molecule has 2 aromatic carbocycles. The van der Waals surface area contributed by atoms with Gasteiger partial charge in [-0.3, -0.25) is 24.0 Å². The number of hydrogen-bond donors (Lipinski definition) is 1. The van der Waals surface area contributed by atoms with Crippen LogP contribution in [0.25, 0.3) is 0 Å². The molecule has 16 nitrogen and oxygen atoms in total. The third-order valence-corrected chi connectivity index (χ3v) is 8.28. The molecule has 16 heteroatoms. The van der Waals surface area contributed by atoms with Crippen molar-refractivity contribution in [2.45, 2.75) is 109 Å². The maximum absolute atomic E-state index is 12.7. The number of benzene rings is 2. The number of hydrogen-bond acceptors (Lipinski definition) is 15. The van der Waals surface area contributed by atoms with Gasteiger partial charge in [-0.05, 0) is 5.56 Å². The lowest BCUT2D eigenvalue weighted by atomic mass is 9.94. The van der Waals surface area contributed by atoms with Crippen molar-refractivity contribution in [3.8, 4) is 0 Å². The van der Waals surface area contributed by atoms with Gasteiger partial charge < -0.3 is 52.7 Å². The molecule has 0 bridgehead atoms. The summed E-state index contributed by atoms with van der Waals surface area (Å²) in [6.45, 7) is 5.51. The predicted octanol–water partition coefficient (Wildman–Crippen LogP) is 2.02. The summed E-state index contributed by atoms with van der Waals surface area (Å²) in [5.41, 5.74) is 1.53. The van der Waals surface area contributed by atoms with Crippen LogP contribution in [0.1, 0.15) is 52.0 Å². The molecule has 3 fully saturated rings. The van der Waals surface area contributed by atoms with Crippen molar-refractivity contribution < 1.29 is 71.3 Å². The third kappa shape index (κ3) is 10.1. The highest BCUT2D eigenvalue weighted by atomic mass is 16.8. The summed E-state index contributed by atoms with van der Waals surface area (Å²) in [7, 11) is 0. The molecule has 52 heavy (non-hydrogen) atoms. The average molecular weight is 730 g/mol. The molecule has 1 N–H and O–H groups in total. The molecular weight excluding hydrogens is 686 g/mol. The van der Waals surface area contributed by atoms with E-state index in [0.29, 0.717) is 5.56 Å². The Balaban J connectivity index is 1.55. The standard InChI is InChI=1S/C36H43NO15/c1-19(38)37-28-31(52-36-33(48-23(5)42)32(47-22(4)41)30(46-21(3)40)26(50-36)17-43-20(2)39)29-27(18-45-34(51-29)25-14-10-7-11-15-25)49-35(28)44-16-24-12-8-6-9-13-24/h6-15,26-36H,16-18H2,1-5H3,(H,37,38)/t26-,27-,28-,29+,30+,31-,32+,33-,34?,35+,36+/m1/s1. The van der Waals surface area contributed by atoms with Crippen molar-refractivity contribution in [2.24, 2.45) is 0 Å². The highest BCUT2D eigenvalue weighted by Gasteiger charge is 2.57. The number of carbonyl (C=O) groups excluding carboxylic acids is 5. The maximum Gasteiger partial charge on any atom is 0.303 e. The van der Waals surface area contributed by atoms with E-state index in [1.807, 2.05) is 60.7 Å². The molecule has 0 aliphatic carbocycles. The molecule has 2 aromatic rings. The molecule has 11 atom stereocenters. The zero-order valence-corrected chi connectivity index (χ0v) is 29.4. The third-order valence-electron chi connectivity index (χ3n) is 8.28. The smallest absolute Gasteiger partial charge is 0.303 e. The number of fused-ring (bicyclic) bond motifs is 1. The largest absolute Gasteiger partial charge is 0.463 e. The van der Waals surface area contributed by atoms with E-state index in [-0.39, 0.29) is 13.2 Å². The Morgan fingerprint density at radius 1 is 0.692 bits per heavy atom. The highest BCUT2D eigenvalue weighted by Crippen LogP contribution is 2.38. The van der Waals surface area contributed by atoms with E-state index < -0.39 is 104 Å². The Kier molecular flexibility index (Phi) is 13.3. The molecule has 5 rings (SSSR count). The minimum absolute atomic E-state index is 0.0284. The number of amides is 1. The van der Waals surface area contributed by atoms with Crippen molar-refractivity contribution in [2.75, 3.05) is 13.2 Å². The van der Waals surface area contributed by atoms with E-state index in [1.165, 1.54) is 13.8 Å². The second kappa shape index (κ2) is 17.9. The van der Waals surface area contributed by atoms with Gasteiger partial charge >= 0.3 is 23.9 Å². The summed E-state index contributed by atoms with van der Waals surface area (Å²) in [5, 5.41) is 2.86. The number of carbonyl (C=O) groups is 5. The summed E-state index contributed by atoms with van der Waals surface area (Å²) in [6, 6.07) is 17.4. The predicted molar refractivity (Wildman–Crippen MR) is 174 cm³/mol. The second-order valence-electron chi connectivity index (χ2n) is 12.4. The van der Waals surface area contributed by atoms with Gasteiger partial charge in [-0.25, -0.2) is 0 Å². The number of nitrogens with one attached hydrogen (secondary N) is 1. The Labute approximate surface area is 300 Å². The van der Waals surface area contributed by atoms with Gasteiger partial charge in [0.1, 0.15) is 37.1 Å². The molecule has 1 unspecified atom stereocenters. The summed E-state index contributed by atoms with van der Waals surface area (Å²) in [6.07, 6.45) is -12.2. The van der Waals surface area contributed by atoms with Gasteiger partial charge in [0.2, 0.25) is 5.91 Å². The molecule has 3 saturated heterocycles. The van der Waals surface area contributed by atoms with E-state index >= 15 is 0 Å². The molecule has 0 saturated carbocycles. The van der Waals surface area contributed by atoms with Crippen molar-refractivity contribution in [1.29, 1.82) is 0 Å². The summed E-state index contributed by atoms with van der Waals surface area (Å²) in [4.78, 5) is 61.8. The zero-order valence-electron chi connectivity index (χ0n) is 29.4. The van der Waals surface area contributed by atoms with Crippen LogP contribution in [-0.2, 0) is 77.9 Å². The molecule has 282 valence electrons. The summed E-state index contributed by atoms with van der Waals surface area (Å²) < 4.78 is 60.0. The SMILES string of the molecule is CC(=O)N[C@H]1[C@@H](OCc2ccccc2)O[C@@H]2COC(c3ccccc3)O[C@@H]2[C@@H]1O[C@@H]1O[C@H](COC(C)=O)[C@H](OC(C)=O)[C@H](OC(C)=O)[C@H]1OC(C)=O. The molecule has 0 spiro atoms. The van der Waals surface area contributed by atoms with Gasteiger partial charge in [0.15, 0.2) is 37.2 Å². The Hall–Kier alpha value is -4.45. The molecule has 3 aliphatic rings. The number of rotatable bonds is 12. The van der Waals surface area contributed by atoms with Crippen LogP contribution in [0.4, 0.5) is 0 Å². The van der Waals surface area contributed by atoms with Crippen LogP contribution in [0, 0.1) is 0 Å². The lowest BCUT2D eigenvalue weighted by Crippen LogP contribution is -2.70. The van der Waals surface area contributed by atoms with Gasteiger partial charge in [-0.15, -0.1) is 0 Å². The van der Waals surface area contributed by atoms with Crippen molar-refractivity contribution >= 4 is 29.8 Å². The number of ether oxygens (including phenoxy) is 10. The van der Waals surface area contributed by atoms with Gasteiger partial charge in [0, 0.05) is 40.2 Å². The number of esters is 4. The molecule has 0 aromatic heterocycles. The second-order valence-corrected chi connectivity index (χ2v) is 12.4. The van der Waals surface area contributed by atoms with Crippen LogP contribution in [0.2, 0.25) is 0 Å². The van der Waals surface area contributed by atoms with Crippen molar-refractivity contribution in [3.63, 3.8) is 0 Å². The van der Waals surface area contributed by atoms with Crippen LogP contribution in [0.3, 0.4) is 0 Å². The van der Waals surface area contributed by atoms with Gasteiger partial charge in [0.05, 0.1) is 13.2 Å². The molecular formula is C36H43NO15. The van der Waals surface area contributed by atoms with Gasteiger partial charge in [-0.2, -0.15) is 0 Å². The first-order chi connectivity index (χ1) is 24.9. The van der Waals surface area contributed by atoms with Crippen LogP contribution in [0.15, 0.2) is 60.7 Å². The van der Waals surface area contributed by atoms with E-state index in [0.717, 1.165) is 26.3 Å². The molecule has 3 heterocycles. The fraction of sp³-hybridized carbons (Fsp3) is 0.528. The topological polar surface area (TPSA) is 190 Å². The van der Waals surface area contributed by atoms with E-state index in [4.69, 9.17) is 47.4 Å². The van der Waals surface area contributed by atoms with Gasteiger partial charge in [0.25, 0.3) is 0 Å². The fourth-order valence-electron chi connectivity index (χ4n) is 6.25. The monoisotopic (exact) mass is 729 g/mol. The first-order valence-corrected chi connectivity index (χ1v) is 16.8. The minimum Gasteiger partial charge on any atom is -0.463 e. The maximum atomic E-state index is 12.7. The van der Waals surface area contributed by atoms with E-state index in [9.17, 15) is 24.0 Å². The quantitative estimate of drug-likeness (QED) is 0.247. The lowest BCUT2D eigenvalue weighted by molar-refractivity contribution is -0.379. The average Bonchev–Trinajstić information content (AvgIpc) is 3.10. The molecule has 3 aliphatic heterocycles. The zero-order chi connectivity index (χ0) is 37.4. The van der Waals surface area contributed by atoms with Crippen LogP contribution >= 0.6 is 0 Å². The summed E-state index contributed by atoms with van der Waals surface area (Å²) in [5.74, 6) is -3.52. The van der Waals surface area contributed by atoms with E-state index in [2.05, 4.69) is 5.32 Å². The van der Waals surface area contributed by atoms with Crippen LogP contribution in [-0.4, -0.2) is 104 Å². The molecule has 0 radical (unpaired) electrons. The van der Waals surface area contributed by atoms with Gasteiger partial charge in [-0.1, -0.05) is 60.7 Å². The van der Waals surface area contributed by atoms with Crippen molar-refractivity contribution in [1.82, 2.24) is 5.32 Å². The lowest BCUT2D eigenvalue weighted by Gasteiger charge is -2.51. The van der Waals surface area contributed by atoms with E-state index in [1.54, 1.807) is 0 Å². The van der Waals surface area contributed by atoms with Crippen molar-refractivity contribution in [3.05, 3.63) is 71.8 Å². The Morgan fingerprint density at radius 2 is 1.31 bits per heavy atom. The fourth-order valence-corrected chi connectivity index (χ4v) is 6.25. The van der Waals surface area contributed by atoms with Crippen LogP contribution < -0.4 is 5.32 Å². The molecule has 1 amide bonds. The Bertz CT molecular complexity index is 1540.